The molecule has 0 amide bonds. The summed E-state index contributed by atoms with van der Waals surface area (Å²) in [6.07, 6.45) is 7.40. The standard InChI is InChI=1S/C27H38O6/c1-15(31-16(2)28)22-9-10-23-21-8-7-19-13-20(32-17(3)29)11-12-26(19,5)25(21)24(33-18(4)30)14-27(22,23)6/h19-21,23H,7-14H2,1-6H3/b22-15+/t19-,20-,21-,23-,26+,27+/m1/s1. The molecule has 0 saturated heterocycles. The van der Waals surface area contributed by atoms with Crippen LogP contribution >= 0.6 is 0 Å². The van der Waals surface area contributed by atoms with E-state index in [0.717, 1.165) is 50.7 Å². The zero-order chi connectivity index (χ0) is 24.1. The van der Waals surface area contributed by atoms with Gasteiger partial charge < -0.3 is 14.2 Å². The Balaban J connectivity index is 1.75. The van der Waals surface area contributed by atoms with Crippen LogP contribution in [0.4, 0.5) is 0 Å². The Morgan fingerprint density at radius 2 is 1.61 bits per heavy atom. The fourth-order valence-electron chi connectivity index (χ4n) is 7.93. The van der Waals surface area contributed by atoms with E-state index in [2.05, 4.69) is 13.8 Å². The Morgan fingerprint density at radius 3 is 2.24 bits per heavy atom. The maximum atomic E-state index is 12.2. The topological polar surface area (TPSA) is 78.9 Å². The van der Waals surface area contributed by atoms with Gasteiger partial charge in [0.1, 0.15) is 17.6 Å². The lowest BCUT2D eigenvalue weighted by Gasteiger charge is -2.57. The van der Waals surface area contributed by atoms with Gasteiger partial charge in [-0.15, -0.1) is 0 Å². The molecule has 33 heavy (non-hydrogen) atoms. The van der Waals surface area contributed by atoms with Crippen molar-refractivity contribution in [1.82, 2.24) is 0 Å². The quantitative estimate of drug-likeness (QED) is 0.311. The smallest absolute Gasteiger partial charge is 0.307 e. The summed E-state index contributed by atoms with van der Waals surface area (Å²) >= 11 is 0. The SMILES string of the molecule is CC(=O)OC1=C2[C@H](CC[C@@H]3C[C@H](OC(C)=O)CC[C@]23C)[C@H]2CC/C(=C(/C)OC(C)=O)[C@]2(C)C1. The highest BCUT2D eigenvalue weighted by Crippen LogP contribution is 2.67. The lowest BCUT2D eigenvalue weighted by atomic mass is 9.48. The Morgan fingerprint density at radius 1 is 0.879 bits per heavy atom. The molecular weight excluding hydrogens is 420 g/mol. The van der Waals surface area contributed by atoms with E-state index in [4.69, 9.17) is 14.2 Å². The van der Waals surface area contributed by atoms with Crippen molar-refractivity contribution in [3.05, 3.63) is 22.7 Å². The first-order valence-electron chi connectivity index (χ1n) is 12.4. The first-order chi connectivity index (χ1) is 15.5. The van der Waals surface area contributed by atoms with Gasteiger partial charge in [0.05, 0.1) is 0 Å². The number of esters is 3. The van der Waals surface area contributed by atoms with Gasteiger partial charge in [0, 0.05) is 32.6 Å². The van der Waals surface area contributed by atoms with Crippen LogP contribution in [-0.4, -0.2) is 24.0 Å². The molecule has 0 spiro atoms. The normalized spacial score (nSPS) is 39.1. The number of carbonyl (C=O) groups excluding carboxylic acids is 3. The number of allylic oxidation sites excluding steroid dienone is 4. The minimum absolute atomic E-state index is 0.0175. The molecule has 6 nitrogen and oxygen atoms in total. The molecular formula is C27H38O6. The maximum absolute atomic E-state index is 12.2. The molecule has 3 fully saturated rings. The van der Waals surface area contributed by atoms with Crippen LogP contribution in [0.2, 0.25) is 0 Å². The lowest BCUT2D eigenvalue weighted by Crippen LogP contribution is -2.49. The van der Waals surface area contributed by atoms with Crippen LogP contribution in [0.15, 0.2) is 22.7 Å². The van der Waals surface area contributed by atoms with E-state index in [9.17, 15) is 14.4 Å². The maximum Gasteiger partial charge on any atom is 0.307 e. The van der Waals surface area contributed by atoms with Crippen LogP contribution in [0.3, 0.4) is 0 Å². The van der Waals surface area contributed by atoms with Crippen molar-refractivity contribution < 1.29 is 28.6 Å². The predicted molar refractivity (Wildman–Crippen MR) is 122 cm³/mol. The van der Waals surface area contributed by atoms with Crippen LogP contribution in [-0.2, 0) is 28.6 Å². The van der Waals surface area contributed by atoms with Crippen molar-refractivity contribution >= 4 is 17.9 Å². The summed E-state index contributed by atoms with van der Waals surface area (Å²) in [5.74, 6) is 1.97. The molecule has 0 aliphatic heterocycles. The van der Waals surface area contributed by atoms with E-state index < -0.39 is 0 Å². The lowest BCUT2D eigenvalue weighted by molar-refractivity contribution is -0.151. The first kappa shape index (κ1) is 24.0. The molecule has 6 heteroatoms. The van der Waals surface area contributed by atoms with E-state index in [0.29, 0.717) is 29.9 Å². The molecule has 6 atom stereocenters. The van der Waals surface area contributed by atoms with Gasteiger partial charge in [-0.1, -0.05) is 13.8 Å². The Kier molecular flexibility index (Phi) is 6.25. The number of rotatable bonds is 3. The van der Waals surface area contributed by atoms with Gasteiger partial charge in [0.15, 0.2) is 0 Å². The molecule has 0 unspecified atom stereocenters. The second-order valence-electron chi connectivity index (χ2n) is 11.1. The van der Waals surface area contributed by atoms with Gasteiger partial charge in [-0.3, -0.25) is 14.4 Å². The second-order valence-corrected chi connectivity index (χ2v) is 11.1. The molecule has 0 N–H and O–H groups in total. The van der Waals surface area contributed by atoms with E-state index in [-0.39, 0.29) is 34.8 Å². The Bertz CT molecular complexity index is 929. The summed E-state index contributed by atoms with van der Waals surface area (Å²) in [5.41, 5.74) is 2.29. The molecule has 0 aromatic heterocycles. The van der Waals surface area contributed by atoms with Gasteiger partial charge >= 0.3 is 17.9 Å². The summed E-state index contributed by atoms with van der Waals surface area (Å²) in [6.45, 7) is 10.9. The summed E-state index contributed by atoms with van der Waals surface area (Å²) in [7, 11) is 0. The third-order valence-electron chi connectivity index (χ3n) is 9.09. The molecule has 4 rings (SSSR count). The molecule has 0 radical (unpaired) electrons. The zero-order valence-corrected chi connectivity index (χ0v) is 20.9. The van der Waals surface area contributed by atoms with E-state index in [1.807, 2.05) is 6.92 Å². The van der Waals surface area contributed by atoms with Crippen LogP contribution in [0.1, 0.15) is 92.9 Å². The van der Waals surface area contributed by atoms with Crippen molar-refractivity contribution in [2.75, 3.05) is 0 Å². The molecule has 0 heterocycles. The number of hydrogen-bond acceptors (Lipinski definition) is 6. The molecule has 0 aromatic carbocycles. The average Bonchev–Trinajstić information content (AvgIpc) is 3.03. The third-order valence-corrected chi connectivity index (χ3v) is 9.09. The minimum atomic E-state index is -0.295. The van der Waals surface area contributed by atoms with Crippen LogP contribution < -0.4 is 0 Å². The van der Waals surface area contributed by atoms with E-state index in [1.54, 1.807) is 0 Å². The van der Waals surface area contributed by atoms with Gasteiger partial charge in [-0.05, 0) is 86.2 Å². The van der Waals surface area contributed by atoms with Crippen LogP contribution in [0.5, 0.6) is 0 Å². The summed E-state index contributed by atoms with van der Waals surface area (Å²) in [5, 5.41) is 0. The first-order valence-corrected chi connectivity index (χ1v) is 12.4. The van der Waals surface area contributed by atoms with E-state index >= 15 is 0 Å². The monoisotopic (exact) mass is 458 g/mol. The van der Waals surface area contributed by atoms with Crippen molar-refractivity contribution in [3.8, 4) is 0 Å². The highest BCUT2D eigenvalue weighted by Gasteiger charge is 2.59. The highest BCUT2D eigenvalue weighted by molar-refractivity contribution is 5.68. The molecule has 182 valence electrons. The van der Waals surface area contributed by atoms with E-state index in [1.165, 1.54) is 31.9 Å². The van der Waals surface area contributed by atoms with Gasteiger partial charge in [-0.2, -0.15) is 0 Å². The molecule has 4 aliphatic carbocycles. The fourth-order valence-corrected chi connectivity index (χ4v) is 7.93. The zero-order valence-electron chi connectivity index (χ0n) is 20.9. The van der Waals surface area contributed by atoms with Gasteiger partial charge in [-0.25, -0.2) is 0 Å². The number of carbonyl (C=O) groups is 3. The van der Waals surface area contributed by atoms with Crippen molar-refractivity contribution in [2.24, 2.45) is 28.6 Å². The summed E-state index contributed by atoms with van der Waals surface area (Å²) in [4.78, 5) is 35.4. The van der Waals surface area contributed by atoms with Gasteiger partial charge in [0.2, 0.25) is 0 Å². The highest BCUT2D eigenvalue weighted by atomic mass is 16.5. The predicted octanol–water partition coefficient (Wildman–Crippen LogP) is 5.61. The second kappa shape index (κ2) is 8.59. The van der Waals surface area contributed by atoms with Crippen molar-refractivity contribution in [1.29, 1.82) is 0 Å². The Labute approximate surface area is 197 Å². The van der Waals surface area contributed by atoms with Crippen LogP contribution in [0, 0.1) is 28.6 Å². The summed E-state index contributed by atoms with van der Waals surface area (Å²) in [6, 6.07) is 0. The minimum Gasteiger partial charge on any atom is -0.463 e. The van der Waals surface area contributed by atoms with Crippen molar-refractivity contribution in [2.45, 2.75) is 99.0 Å². The largest absolute Gasteiger partial charge is 0.463 e. The number of ether oxygens (including phenoxy) is 3. The third kappa shape index (κ3) is 4.15. The number of hydrogen-bond donors (Lipinski definition) is 0. The molecule has 3 saturated carbocycles. The summed E-state index contributed by atoms with van der Waals surface area (Å²) < 4.78 is 17.1. The molecule has 0 bridgehead atoms. The van der Waals surface area contributed by atoms with Gasteiger partial charge in [0.25, 0.3) is 0 Å². The van der Waals surface area contributed by atoms with Crippen molar-refractivity contribution in [3.63, 3.8) is 0 Å². The molecule has 0 aromatic rings. The molecule has 4 aliphatic rings. The average molecular weight is 459 g/mol. The van der Waals surface area contributed by atoms with Crippen LogP contribution in [0.25, 0.3) is 0 Å². The number of fused-ring (bicyclic) bond motifs is 5. The Hall–Kier alpha value is -2.11. The fraction of sp³-hybridized carbons (Fsp3) is 0.741.